The predicted octanol–water partition coefficient (Wildman–Crippen LogP) is 2.68. The topological polar surface area (TPSA) is 24.5 Å². The molecule has 1 aliphatic heterocycles. The van der Waals surface area contributed by atoms with E-state index in [1.165, 1.54) is 11.1 Å². The lowest BCUT2D eigenvalue weighted by molar-refractivity contribution is -0.0110. The van der Waals surface area contributed by atoms with E-state index in [-0.39, 0.29) is 0 Å². The van der Waals surface area contributed by atoms with Gasteiger partial charge < -0.3 is 10.1 Å². The van der Waals surface area contributed by atoms with Crippen molar-refractivity contribution in [1.29, 1.82) is 0 Å². The van der Waals surface area contributed by atoms with E-state index in [1.807, 2.05) is 0 Å². The molecule has 0 aromatic heterocycles. The van der Waals surface area contributed by atoms with Gasteiger partial charge in [0.05, 0.1) is 13.2 Å². The van der Waals surface area contributed by atoms with E-state index in [4.69, 9.17) is 4.74 Å². The summed E-state index contributed by atoms with van der Waals surface area (Å²) in [6, 6.07) is 21.7. The van der Waals surface area contributed by atoms with E-state index in [9.17, 15) is 0 Å². The number of ether oxygens (including phenoxy) is 1. The van der Waals surface area contributed by atoms with Gasteiger partial charge in [0, 0.05) is 32.2 Å². The summed E-state index contributed by atoms with van der Waals surface area (Å²) in [4.78, 5) is 2.52. The Balaban J connectivity index is 1.51. The zero-order chi connectivity index (χ0) is 15.0. The fourth-order valence-corrected chi connectivity index (χ4v) is 2.88. The van der Waals surface area contributed by atoms with Crippen LogP contribution >= 0.6 is 0 Å². The molecule has 0 radical (unpaired) electrons. The normalized spacial score (nSPS) is 19.2. The second-order valence-corrected chi connectivity index (χ2v) is 5.80. The summed E-state index contributed by atoms with van der Waals surface area (Å²) < 4.78 is 5.67. The van der Waals surface area contributed by atoms with Gasteiger partial charge in [-0.1, -0.05) is 60.7 Å². The number of nitrogens with one attached hydrogen (secondary N) is 1. The molecule has 0 spiro atoms. The third kappa shape index (κ3) is 4.41. The molecule has 3 rings (SSSR count). The van der Waals surface area contributed by atoms with Gasteiger partial charge in [-0.05, 0) is 11.1 Å². The van der Waals surface area contributed by atoms with Gasteiger partial charge in [0.1, 0.15) is 0 Å². The Bertz CT molecular complexity index is 544. The Kier molecular flexibility index (Phi) is 5.59. The van der Waals surface area contributed by atoms with Crippen LogP contribution in [0.25, 0.3) is 0 Å². The SMILES string of the molecule is c1ccc(CNCC2COCCN2Cc2ccccc2)cc1. The van der Waals surface area contributed by atoms with Crippen molar-refractivity contribution in [3.63, 3.8) is 0 Å². The number of morpholine rings is 1. The van der Waals surface area contributed by atoms with Crippen molar-refractivity contribution in [2.24, 2.45) is 0 Å². The van der Waals surface area contributed by atoms with Crippen LogP contribution < -0.4 is 5.32 Å². The summed E-state index contributed by atoms with van der Waals surface area (Å²) in [6.45, 7) is 5.53. The molecule has 2 aromatic carbocycles. The van der Waals surface area contributed by atoms with Gasteiger partial charge in [-0.15, -0.1) is 0 Å². The average Bonchev–Trinajstić information content (AvgIpc) is 2.58. The van der Waals surface area contributed by atoms with Gasteiger partial charge in [0.15, 0.2) is 0 Å². The Labute approximate surface area is 132 Å². The number of rotatable bonds is 6. The van der Waals surface area contributed by atoms with Gasteiger partial charge in [-0.3, -0.25) is 4.90 Å². The minimum absolute atomic E-state index is 0.442. The third-order valence-electron chi connectivity index (χ3n) is 4.13. The molecule has 0 aliphatic carbocycles. The van der Waals surface area contributed by atoms with Crippen LogP contribution in [0.2, 0.25) is 0 Å². The zero-order valence-electron chi connectivity index (χ0n) is 12.9. The minimum Gasteiger partial charge on any atom is -0.378 e. The number of nitrogens with zero attached hydrogens (tertiary/aromatic N) is 1. The number of hydrogen-bond donors (Lipinski definition) is 1. The molecule has 116 valence electrons. The highest BCUT2D eigenvalue weighted by molar-refractivity contribution is 5.15. The van der Waals surface area contributed by atoms with E-state index >= 15 is 0 Å². The maximum atomic E-state index is 5.67. The van der Waals surface area contributed by atoms with Crippen LogP contribution in [0.15, 0.2) is 60.7 Å². The molecule has 2 aromatic rings. The highest BCUT2D eigenvalue weighted by Crippen LogP contribution is 2.12. The van der Waals surface area contributed by atoms with E-state index in [0.29, 0.717) is 6.04 Å². The molecule has 1 aliphatic rings. The van der Waals surface area contributed by atoms with Gasteiger partial charge in [-0.2, -0.15) is 0 Å². The van der Waals surface area contributed by atoms with E-state index in [1.54, 1.807) is 0 Å². The first kappa shape index (κ1) is 15.2. The molecule has 1 saturated heterocycles. The number of benzene rings is 2. The summed E-state index contributed by atoms with van der Waals surface area (Å²) in [7, 11) is 0. The van der Waals surface area contributed by atoms with Crippen LogP contribution in [0.5, 0.6) is 0 Å². The van der Waals surface area contributed by atoms with Crippen molar-refractivity contribution < 1.29 is 4.74 Å². The molecular weight excluding hydrogens is 272 g/mol. The molecule has 3 nitrogen and oxygen atoms in total. The Morgan fingerprint density at radius 1 is 0.955 bits per heavy atom. The molecule has 1 N–H and O–H groups in total. The van der Waals surface area contributed by atoms with Gasteiger partial charge in [-0.25, -0.2) is 0 Å². The quantitative estimate of drug-likeness (QED) is 0.887. The largest absolute Gasteiger partial charge is 0.378 e. The predicted molar refractivity (Wildman–Crippen MR) is 89.6 cm³/mol. The lowest BCUT2D eigenvalue weighted by atomic mass is 10.1. The van der Waals surface area contributed by atoms with E-state index < -0.39 is 0 Å². The van der Waals surface area contributed by atoms with Crippen LogP contribution in [0.1, 0.15) is 11.1 Å². The summed E-state index contributed by atoms with van der Waals surface area (Å²) in [6.07, 6.45) is 0. The van der Waals surface area contributed by atoms with Crippen LogP contribution in [-0.2, 0) is 17.8 Å². The maximum absolute atomic E-state index is 5.67. The molecule has 0 amide bonds. The highest BCUT2D eigenvalue weighted by atomic mass is 16.5. The molecule has 1 atom stereocenters. The van der Waals surface area contributed by atoms with Crippen molar-refractivity contribution in [2.45, 2.75) is 19.1 Å². The van der Waals surface area contributed by atoms with Crippen molar-refractivity contribution in [3.8, 4) is 0 Å². The lowest BCUT2D eigenvalue weighted by Gasteiger charge is -2.35. The molecule has 3 heteroatoms. The Morgan fingerprint density at radius 2 is 1.64 bits per heavy atom. The monoisotopic (exact) mass is 296 g/mol. The van der Waals surface area contributed by atoms with E-state index in [0.717, 1.165) is 39.4 Å². The fourth-order valence-electron chi connectivity index (χ4n) is 2.88. The fraction of sp³-hybridized carbons (Fsp3) is 0.368. The summed E-state index contributed by atoms with van der Waals surface area (Å²) >= 11 is 0. The van der Waals surface area contributed by atoms with Crippen molar-refractivity contribution in [3.05, 3.63) is 71.8 Å². The smallest absolute Gasteiger partial charge is 0.0635 e. The molecule has 1 unspecified atom stereocenters. The maximum Gasteiger partial charge on any atom is 0.0635 e. The van der Waals surface area contributed by atoms with Crippen LogP contribution in [0.4, 0.5) is 0 Å². The first-order valence-corrected chi connectivity index (χ1v) is 8.02. The Hall–Kier alpha value is -1.68. The second kappa shape index (κ2) is 8.08. The van der Waals surface area contributed by atoms with Gasteiger partial charge in [0.2, 0.25) is 0 Å². The van der Waals surface area contributed by atoms with Gasteiger partial charge >= 0.3 is 0 Å². The van der Waals surface area contributed by atoms with Crippen LogP contribution in [-0.4, -0.2) is 37.2 Å². The third-order valence-corrected chi connectivity index (χ3v) is 4.13. The van der Waals surface area contributed by atoms with Crippen LogP contribution in [0.3, 0.4) is 0 Å². The van der Waals surface area contributed by atoms with Gasteiger partial charge in [0.25, 0.3) is 0 Å². The lowest BCUT2D eigenvalue weighted by Crippen LogP contribution is -2.49. The average molecular weight is 296 g/mol. The molecule has 0 bridgehead atoms. The molecule has 0 saturated carbocycles. The van der Waals surface area contributed by atoms with Crippen molar-refractivity contribution in [2.75, 3.05) is 26.3 Å². The minimum atomic E-state index is 0.442. The first-order chi connectivity index (χ1) is 10.9. The molecule has 1 fully saturated rings. The first-order valence-electron chi connectivity index (χ1n) is 8.02. The van der Waals surface area contributed by atoms with E-state index in [2.05, 4.69) is 70.9 Å². The second-order valence-electron chi connectivity index (χ2n) is 5.80. The van der Waals surface area contributed by atoms with Crippen molar-refractivity contribution in [1.82, 2.24) is 10.2 Å². The summed E-state index contributed by atoms with van der Waals surface area (Å²) in [5.41, 5.74) is 2.70. The zero-order valence-corrected chi connectivity index (χ0v) is 12.9. The summed E-state index contributed by atoms with van der Waals surface area (Å²) in [5, 5.41) is 3.57. The molecule has 1 heterocycles. The Morgan fingerprint density at radius 3 is 2.36 bits per heavy atom. The summed E-state index contributed by atoms with van der Waals surface area (Å²) in [5.74, 6) is 0. The molecule has 22 heavy (non-hydrogen) atoms. The standard InChI is InChI=1S/C19H24N2O/c1-3-7-17(8-4-1)13-20-14-19-16-22-12-11-21(19)15-18-9-5-2-6-10-18/h1-10,19-20H,11-16H2. The van der Waals surface area contributed by atoms with Crippen molar-refractivity contribution >= 4 is 0 Å². The number of hydrogen-bond acceptors (Lipinski definition) is 3. The highest BCUT2D eigenvalue weighted by Gasteiger charge is 2.22. The molecular formula is C19H24N2O. The van der Waals surface area contributed by atoms with Crippen LogP contribution in [0, 0.1) is 0 Å².